The van der Waals surface area contributed by atoms with E-state index < -0.39 is 0 Å². The lowest BCUT2D eigenvalue weighted by atomic mass is 10.2. The number of aryl methyl sites for hydroxylation is 1. The lowest BCUT2D eigenvalue weighted by molar-refractivity contribution is 0.348. The minimum Gasteiger partial charge on any atom is -0.493 e. The van der Waals surface area contributed by atoms with Gasteiger partial charge in [0, 0.05) is 50.7 Å². The summed E-state index contributed by atoms with van der Waals surface area (Å²) in [6.45, 7) is 1.49. The molecule has 0 radical (unpaired) electrons. The van der Waals surface area contributed by atoms with E-state index in [1.54, 1.807) is 26.5 Å². The van der Waals surface area contributed by atoms with Crippen LogP contribution in [-0.2, 0) is 20.0 Å². The maximum Gasteiger partial charge on any atom is 0.183 e. The van der Waals surface area contributed by atoms with Crippen molar-refractivity contribution in [1.82, 2.24) is 20.1 Å². The van der Waals surface area contributed by atoms with Crippen molar-refractivity contribution in [3.8, 4) is 11.5 Å². The van der Waals surface area contributed by atoms with Crippen LogP contribution in [0.15, 0.2) is 24.5 Å². The van der Waals surface area contributed by atoms with Gasteiger partial charge in [-0.2, -0.15) is 5.10 Å². The van der Waals surface area contributed by atoms with Gasteiger partial charge < -0.3 is 14.8 Å². The lowest BCUT2D eigenvalue weighted by Crippen LogP contribution is -2.19. The van der Waals surface area contributed by atoms with Gasteiger partial charge in [-0.15, -0.1) is 0 Å². The van der Waals surface area contributed by atoms with Crippen LogP contribution in [0.4, 0.5) is 0 Å². The molecule has 0 amide bonds. The summed E-state index contributed by atoms with van der Waals surface area (Å²) in [4.78, 5) is 4.33. The number of rotatable bonds is 7. The van der Waals surface area contributed by atoms with E-state index in [0.717, 1.165) is 18.7 Å². The first kappa shape index (κ1) is 14.3. The van der Waals surface area contributed by atoms with Gasteiger partial charge in [0.25, 0.3) is 0 Å². The van der Waals surface area contributed by atoms with E-state index in [0.29, 0.717) is 18.0 Å². The predicted molar refractivity (Wildman–Crippen MR) is 76.0 cm³/mol. The number of hydrogen-bond donors (Lipinski definition) is 1. The normalized spacial score (nSPS) is 10.6. The van der Waals surface area contributed by atoms with Crippen molar-refractivity contribution in [2.24, 2.45) is 7.05 Å². The molecule has 0 spiro atoms. The van der Waals surface area contributed by atoms with E-state index in [2.05, 4.69) is 15.4 Å². The molecule has 2 heterocycles. The number of hydrogen-bond acceptors (Lipinski definition) is 5. The Kier molecular flexibility index (Phi) is 4.95. The molecule has 0 saturated heterocycles. The Morgan fingerprint density at radius 3 is 2.70 bits per heavy atom. The summed E-state index contributed by atoms with van der Waals surface area (Å²) in [6.07, 6.45) is 4.45. The average molecular weight is 276 g/mol. The third-order valence-corrected chi connectivity index (χ3v) is 3.14. The van der Waals surface area contributed by atoms with Crippen molar-refractivity contribution in [3.05, 3.63) is 35.9 Å². The Morgan fingerprint density at radius 1 is 1.20 bits per heavy atom. The van der Waals surface area contributed by atoms with Crippen molar-refractivity contribution in [3.63, 3.8) is 0 Å². The van der Waals surface area contributed by atoms with Crippen LogP contribution in [0.5, 0.6) is 11.5 Å². The summed E-state index contributed by atoms with van der Waals surface area (Å²) in [7, 11) is 5.19. The largest absolute Gasteiger partial charge is 0.493 e. The highest BCUT2D eigenvalue weighted by atomic mass is 16.5. The SMILES string of the molecule is COc1ccnc(CNCCc2ccnn2C)c1OC. The van der Waals surface area contributed by atoms with Gasteiger partial charge in [-0.1, -0.05) is 0 Å². The standard InChI is InChI=1S/C14H20N4O2/c1-18-11(5-9-17-18)4-7-15-10-12-14(20-3)13(19-2)6-8-16-12/h5-6,8-9,15H,4,7,10H2,1-3H3. The molecule has 1 N–H and O–H groups in total. The van der Waals surface area contributed by atoms with Gasteiger partial charge in [0.1, 0.15) is 0 Å². The molecule has 20 heavy (non-hydrogen) atoms. The van der Waals surface area contributed by atoms with E-state index in [1.165, 1.54) is 5.69 Å². The molecule has 0 fully saturated rings. The van der Waals surface area contributed by atoms with Crippen LogP contribution in [0.2, 0.25) is 0 Å². The maximum absolute atomic E-state index is 5.35. The molecular weight excluding hydrogens is 256 g/mol. The van der Waals surface area contributed by atoms with Crippen LogP contribution in [0.3, 0.4) is 0 Å². The van der Waals surface area contributed by atoms with Crippen LogP contribution in [0, 0.1) is 0 Å². The number of methoxy groups -OCH3 is 2. The smallest absolute Gasteiger partial charge is 0.183 e. The summed E-state index contributed by atoms with van der Waals surface area (Å²) in [6, 6.07) is 3.81. The number of pyridine rings is 1. The summed E-state index contributed by atoms with van der Waals surface area (Å²) < 4.78 is 12.5. The highest BCUT2D eigenvalue weighted by molar-refractivity contribution is 5.42. The van der Waals surface area contributed by atoms with Crippen LogP contribution in [0.1, 0.15) is 11.4 Å². The van der Waals surface area contributed by atoms with Crippen molar-refractivity contribution < 1.29 is 9.47 Å². The molecule has 0 aliphatic carbocycles. The van der Waals surface area contributed by atoms with Gasteiger partial charge in [0.05, 0.1) is 19.9 Å². The van der Waals surface area contributed by atoms with Crippen molar-refractivity contribution in [2.75, 3.05) is 20.8 Å². The molecule has 0 unspecified atom stereocenters. The van der Waals surface area contributed by atoms with E-state index in [9.17, 15) is 0 Å². The molecule has 6 heteroatoms. The van der Waals surface area contributed by atoms with Crippen LogP contribution < -0.4 is 14.8 Å². The van der Waals surface area contributed by atoms with E-state index in [1.807, 2.05) is 24.0 Å². The van der Waals surface area contributed by atoms with Gasteiger partial charge in [0.15, 0.2) is 11.5 Å². The average Bonchev–Trinajstić information content (AvgIpc) is 2.88. The molecule has 0 aliphatic heterocycles. The Morgan fingerprint density at radius 2 is 2.05 bits per heavy atom. The molecule has 0 aliphatic rings. The summed E-state index contributed by atoms with van der Waals surface area (Å²) in [5.74, 6) is 1.38. The molecule has 2 rings (SSSR count). The lowest BCUT2D eigenvalue weighted by Gasteiger charge is -2.12. The number of ether oxygens (including phenoxy) is 2. The molecular formula is C14H20N4O2. The zero-order valence-corrected chi connectivity index (χ0v) is 12.1. The fraction of sp³-hybridized carbons (Fsp3) is 0.429. The first-order valence-corrected chi connectivity index (χ1v) is 6.49. The molecule has 0 atom stereocenters. The molecule has 6 nitrogen and oxygen atoms in total. The van der Waals surface area contributed by atoms with Gasteiger partial charge in [-0.05, 0) is 6.07 Å². The summed E-state index contributed by atoms with van der Waals surface area (Å²) in [5.41, 5.74) is 2.04. The van der Waals surface area contributed by atoms with Gasteiger partial charge in [-0.3, -0.25) is 9.67 Å². The zero-order chi connectivity index (χ0) is 14.4. The second kappa shape index (κ2) is 6.91. The van der Waals surface area contributed by atoms with Crippen LogP contribution in [0.25, 0.3) is 0 Å². The number of nitrogens with zero attached hydrogens (tertiary/aromatic N) is 3. The van der Waals surface area contributed by atoms with Gasteiger partial charge >= 0.3 is 0 Å². The predicted octanol–water partition coefficient (Wildman–Crippen LogP) is 1.16. The second-order valence-corrected chi connectivity index (χ2v) is 4.37. The number of nitrogens with one attached hydrogen (secondary N) is 1. The Labute approximate surface area is 118 Å². The minimum absolute atomic E-state index is 0.637. The molecule has 2 aromatic rings. The topological polar surface area (TPSA) is 61.2 Å². The van der Waals surface area contributed by atoms with Crippen LogP contribution in [-0.4, -0.2) is 35.5 Å². The summed E-state index contributed by atoms with van der Waals surface area (Å²) >= 11 is 0. The van der Waals surface area contributed by atoms with E-state index in [-0.39, 0.29) is 0 Å². The summed E-state index contributed by atoms with van der Waals surface area (Å²) in [5, 5.41) is 7.50. The quantitative estimate of drug-likeness (QED) is 0.769. The van der Waals surface area contributed by atoms with Crippen LogP contribution >= 0.6 is 0 Å². The van der Waals surface area contributed by atoms with E-state index in [4.69, 9.17) is 9.47 Å². The zero-order valence-electron chi connectivity index (χ0n) is 12.1. The monoisotopic (exact) mass is 276 g/mol. The third-order valence-electron chi connectivity index (χ3n) is 3.14. The van der Waals surface area contributed by atoms with E-state index >= 15 is 0 Å². The maximum atomic E-state index is 5.35. The minimum atomic E-state index is 0.637. The van der Waals surface area contributed by atoms with Crippen molar-refractivity contribution in [1.29, 1.82) is 0 Å². The fourth-order valence-electron chi connectivity index (χ4n) is 2.05. The highest BCUT2D eigenvalue weighted by Gasteiger charge is 2.10. The van der Waals surface area contributed by atoms with Crippen molar-refractivity contribution >= 4 is 0 Å². The second-order valence-electron chi connectivity index (χ2n) is 4.37. The Hall–Kier alpha value is -2.08. The molecule has 0 saturated carbocycles. The molecule has 0 aromatic carbocycles. The van der Waals surface area contributed by atoms with Crippen molar-refractivity contribution in [2.45, 2.75) is 13.0 Å². The third kappa shape index (κ3) is 3.27. The Bertz CT molecular complexity index is 554. The number of aromatic nitrogens is 3. The highest BCUT2D eigenvalue weighted by Crippen LogP contribution is 2.28. The molecule has 108 valence electrons. The molecule has 0 bridgehead atoms. The van der Waals surface area contributed by atoms with Gasteiger partial charge in [0.2, 0.25) is 0 Å². The Balaban J connectivity index is 1.89. The van der Waals surface area contributed by atoms with Gasteiger partial charge in [-0.25, -0.2) is 0 Å². The first-order chi connectivity index (χ1) is 9.76. The molecule has 2 aromatic heterocycles. The fourth-order valence-corrected chi connectivity index (χ4v) is 2.05. The first-order valence-electron chi connectivity index (χ1n) is 6.49.